The first-order valence-electron chi connectivity index (χ1n) is 6.48. The maximum atomic E-state index is 11.5. The molecule has 0 radical (unpaired) electrons. The predicted molar refractivity (Wildman–Crippen MR) is 66.9 cm³/mol. The van der Waals surface area contributed by atoms with Crippen LogP contribution in [0.25, 0.3) is 0 Å². The summed E-state index contributed by atoms with van der Waals surface area (Å²) in [5.41, 5.74) is -0.0381. The van der Waals surface area contributed by atoms with Gasteiger partial charge in [0, 0.05) is 19.6 Å². The molecule has 1 aliphatic rings. The quantitative estimate of drug-likeness (QED) is 0.842. The van der Waals surface area contributed by atoms with Crippen LogP contribution in [0.5, 0.6) is 0 Å². The fraction of sp³-hybridized carbons (Fsp3) is 0.833. The molecule has 1 N–H and O–H groups in total. The van der Waals surface area contributed by atoms with Crippen LogP contribution >= 0.6 is 0 Å². The van der Waals surface area contributed by atoms with Crippen LogP contribution in [0.4, 0.5) is 0 Å². The normalized spacial score (nSPS) is 25.1. The molecule has 96 valence electrons. The number of aryl methyl sites for hydroxylation is 1. The molecule has 0 aromatic carbocycles. The van der Waals surface area contributed by atoms with Crippen LogP contribution in [0.1, 0.15) is 32.6 Å². The van der Waals surface area contributed by atoms with Gasteiger partial charge in [0.25, 0.3) is 0 Å². The maximum absolute atomic E-state index is 11.5. The van der Waals surface area contributed by atoms with Crippen molar-refractivity contribution < 1.29 is 0 Å². The third kappa shape index (κ3) is 3.19. The van der Waals surface area contributed by atoms with Gasteiger partial charge in [-0.05, 0) is 18.8 Å². The molecule has 1 aromatic heterocycles. The Labute approximate surface area is 102 Å². The van der Waals surface area contributed by atoms with Gasteiger partial charge >= 0.3 is 5.69 Å². The van der Waals surface area contributed by atoms with E-state index in [0.29, 0.717) is 12.6 Å². The van der Waals surface area contributed by atoms with E-state index in [0.717, 1.165) is 12.5 Å². The van der Waals surface area contributed by atoms with Crippen LogP contribution < -0.4 is 11.0 Å². The molecule has 5 heteroatoms. The Morgan fingerprint density at radius 3 is 3.00 bits per heavy atom. The second-order valence-corrected chi connectivity index (χ2v) is 5.17. The van der Waals surface area contributed by atoms with Crippen LogP contribution in [0.15, 0.2) is 11.1 Å². The van der Waals surface area contributed by atoms with E-state index in [-0.39, 0.29) is 5.69 Å². The first kappa shape index (κ1) is 12.4. The Bertz CT molecular complexity index is 409. The summed E-state index contributed by atoms with van der Waals surface area (Å²) >= 11 is 0. The van der Waals surface area contributed by atoms with Crippen molar-refractivity contribution in [3.63, 3.8) is 0 Å². The minimum atomic E-state index is -0.0381. The summed E-state index contributed by atoms with van der Waals surface area (Å²) in [5.74, 6) is 0.832. The number of hydrogen-bond acceptors (Lipinski definition) is 3. The van der Waals surface area contributed by atoms with Crippen molar-refractivity contribution in [3.8, 4) is 0 Å². The third-order valence-electron chi connectivity index (χ3n) is 3.58. The summed E-state index contributed by atoms with van der Waals surface area (Å²) in [6, 6.07) is 0.623. The first-order valence-corrected chi connectivity index (χ1v) is 6.48. The molecule has 0 spiro atoms. The summed E-state index contributed by atoms with van der Waals surface area (Å²) in [4.78, 5) is 11.5. The summed E-state index contributed by atoms with van der Waals surface area (Å²) in [5, 5.41) is 7.57. The highest BCUT2D eigenvalue weighted by Crippen LogP contribution is 2.23. The fourth-order valence-corrected chi connectivity index (χ4v) is 2.57. The van der Waals surface area contributed by atoms with Crippen molar-refractivity contribution in [3.05, 3.63) is 16.8 Å². The van der Waals surface area contributed by atoms with Crippen LogP contribution in [0, 0.1) is 5.92 Å². The Morgan fingerprint density at radius 2 is 2.35 bits per heavy atom. The van der Waals surface area contributed by atoms with Gasteiger partial charge in [0.2, 0.25) is 0 Å². The molecule has 1 fully saturated rings. The molecule has 0 amide bonds. The van der Waals surface area contributed by atoms with Crippen molar-refractivity contribution in [1.82, 2.24) is 19.7 Å². The third-order valence-corrected chi connectivity index (χ3v) is 3.58. The van der Waals surface area contributed by atoms with Gasteiger partial charge in [-0.3, -0.25) is 4.57 Å². The SMILES string of the molecule is CC1CCCC(NCCn2ncn(C)c2=O)C1. The molecule has 0 aliphatic heterocycles. The molecule has 1 aromatic rings. The van der Waals surface area contributed by atoms with Crippen LogP contribution in [-0.4, -0.2) is 26.9 Å². The molecule has 1 aliphatic carbocycles. The molecular weight excluding hydrogens is 216 g/mol. The minimum Gasteiger partial charge on any atom is -0.312 e. The van der Waals surface area contributed by atoms with E-state index in [2.05, 4.69) is 17.3 Å². The Morgan fingerprint density at radius 1 is 1.53 bits per heavy atom. The largest absolute Gasteiger partial charge is 0.345 e. The highest BCUT2D eigenvalue weighted by molar-refractivity contribution is 4.76. The molecule has 2 unspecified atom stereocenters. The molecule has 0 saturated heterocycles. The van der Waals surface area contributed by atoms with Crippen molar-refractivity contribution >= 4 is 0 Å². The smallest absolute Gasteiger partial charge is 0.312 e. The van der Waals surface area contributed by atoms with Gasteiger partial charge in [-0.25, -0.2) is 9.48 Å². The number of nitrogens with zero attached hydrogens (tertiary/aromatic N) is 3. The second-order valence-electron chi connectivity index (χ2n) is 5.17. The molecule has 2 atom stereocenters. The lowest BCUT2D eigenvalue weighted by atomic mass is 9.87. The zero-order valence-electron chi connectivity index (χ0n) is 10.7. The number of aromatic nitrogens is 3. The van der Waals surface area contributed by atoms with E-state index < -0.39 is 0 Å². The average molecular weight is 238 g/mol. The lowest BCUT2D eigenvalue weighted by Crippen LogP contribution is -2.37. The zero-order chi connectivity index (χ0) is 12.3. The first-order chi connectivity index (χ1) is 8.16. The van der Waals surface area contributed by atoms with E-state index in [4.69, 9.17) is 0 Å². The van der Waals surface area contributed by atoms with Crippen LogP contribution in [0.2, 0.25) is 0 Å². The van der Waals surface area contributed by atoms with Crippen LogP contribution in [0.3, 0.4) is 0 Å². The number of hydrogen-bond donors (Lipinski definition) is 1. The Hall–Kier alpha value is -1.10. The van der Waals surface area contributed by atoms with Gasteiger partial charge in [0.1, 0.15) is 6.33 Å². The van der Waals surface area contributed by atoms with E-state index in [1.54, 1.807) is 13.4 Å². The molecule has 1 heterocycles. The van der Waals surface area contributed by atoms with Gasteiger partial charge in [-0.1, -0.05) is 19.8 Å². The zero-order valence-corrected chi connectivity index (χ0v) is 10.7. The molecular formula is C12H22N4O. The van der Waals surface area contributed by atoms with Gasteiger partial charge in [0.15, 0.2) is 0 Å². The average Bonchev–Trinajstić information content (AvgIpc) is 2.61. The summed E-state index contributed by atoms with van der Waals surface area (Å²) < 4.78 is 3.02. The molecule has 2 rings (SSSR count). The standard InChI is InChI=1S/C12H22N4O/c1-10-4-3-5-11(8-10)13-6-7-16-12(17)15(2)9-14-16/h9-11,13H,3-8H2,1-2H3. The Balaban J connectivity index is 1.76. The van der Waals surface area contributed by atoms with Crippen LogP contribution in [-0.2, 0) is 13.6 Å². The number of rotatable bonds is 4. The summed E-state index contributed by atoms with van der Waals surface area (Å²) in [6.45, 7) is 3.80. The minimum absolute atomic E-state index is 0.0381. The number of nitrogens with one attached hydrogen (secondary N) is 1. The Kier molecular flexibility index (Phi) is 3.99. The lowest BCUT2D eigenvalue weighted by molar-refractivity contribution is 0.297. The van der Waals surface area contributed by atoms with Gasteiger partial charge < -0.3 is 5.32 Å². The van der Waals surface area contributed by atoms with Gasteiger partial charge in [0.05, 0.1) is 6.54 Å². The molecule has 1 saturated carbocycles. The van der Waals surface area contributed by atoms with E-state index >= 15 is 0 Å². The monoisotopic (exact) mass is 238 g/mol. The van der Waals surface area contributed by atoms with Crippen molar-refractivity contribution in [2.45, 2.75) is 45.2 Å². The van der Waals surface area contributed by atoms with Crippen molar-refractivity contribution in [2.24, 2.45) is 13.0 Å². The maximum Gasteiger partial charge on any atom is 0.345 e. The summed E-state index contributed by atoms with van der Waals surface area (Å²) in [7, 11) is 1.72. The highest BCUT2D eigenvalue weighted by Gasteiger charge is 2.17. The molecule has 0 bridgehead atoms. The summed E-state index contributed by atoms with van der Waals surface area (Å²) in [6.07, 6.45) is 6.77. The second kappa shape index (κ2) is 5.49. The van der Waals surface area contributed by atoms with Crippen molar-refractivity contribution in [1.29, 1.82) is 0 Å². The predicted octanol–water partition coefficient (Wildman–Crippen LogP) is 0.750. The lowest BCUT2D eigenvalue weighted by Gasteiger charge is -2.27. The van der Waals surface area contributed by atoms with E-state index in [1.165, 1.54) is 34.9 Å². The molecule has 5 nitrogen and oxygen atoms in total. The highest BCUT2D eigenvalue weighted by atomic mass is 16.2. The van der Waals surface area contributed by atoms with E-state index in [9.17, 15) is 4.79 Å². The van der Waals surface area contributed by atoms with Crippen molar-refractivity contribution in [2.75, 3.05) is 6.54 Å². The topological polar surface area (TPSA) is 51.9 Å². The van der Waals surface area contributed by atoms with E-state index in [1.807, 2.05) is 0 Å². The molecule has 17 heavy (non-hydrogen) atoms. The fourth-order valence-electron chi connectivity index (χ4n) is 2.57. The van der Waals surface area contributed by atoms with Gasteiger partial charge in [-0.15, -0.1) is 0 Å². The van der Waals surface area contributed by atoms with Gasteiger partial charge in [-0.2, -0.15) is 5.10 Å².